The van der Waals surface area contributed by atoms with Crippen LogP contribution in [0, 0.1) is 0 Å². The van der Waals surface area contributed by atoms with Crippen LogP contribution in [-0.2, 0) is 6.54 Å². The van der Waals surface area contributed by atoms with Crippen molar-refractivity contribution >= 4 is 33.1 Å². The van der Waals surface area contributed by atoms with Crippen molar-refractivity contribution in [2.24, 2.45) is 0 Å². The van der Waals surface area contributed by atoms with Crippen molar-refractivity contribution in [3.63, 3.8) is 0 Å². The van der Waals surface area contributed by atoms with Gasteiger partial charge in [-0.25, -0.2) is 4.98 Å². The van der Waals surface area contributed by atoms with E-state index in [1.54, 1.807) is 17.5 Å². The van der Waals surface area contributed by atoms with Gasteiger partial charge < -0.3 is 20.4 Å². The molecule has 0 aliphatic heterocycles. The fourth-order valence-electron chi connectivity index (χ4n) is 3.43. The molecule has 0 spiro atoms. The molecule has 3 N–H and O–H groups in total. The van der Waals surface area contributed by atoms with Gasteiger partial charge in [-0.2, -0.15) is 0 Å². The van der Waals surface area contributed by atoms with Gasteiger partial charge >= 0.3 is 0 Å². The highest BCUT2D eigenvalue weighted by Crippen LogP contribution is 2.39. The molecule has 0 saturated carbocycles. The van der Waals surface area contributed by atoms with Gasteiger partial charge in [0, 0.05) is 47.4 Å². The Morgan fingerprint density at radius 2 is 1.73 bits per heavy atom. The van der Waals surface area contributed by atoms with E-state index in [4.69, 9.17) is 4.98 Å². The second kappa shape index (κ2) is 9.67. The molecule has 0 radical (unpaired) electrons. The number of nitrogens with zero attached hydrogens (tertiary/aromatic N) is 3. The number of rotatable bonds is 9. The minimum absolute atomic E-state index is 0.00385. The zero-order valence-electron chi connectivity index (χ0n) is 16.5. The van der Waals surface area contributed by atoms with Crippen molar-refractivity contribution in [2.75, 3.05) is 36.5 Å². The second-order valence-corrected chi connectivity index (χ2v) is 7.69. The molecule has 4 aromatic rings. The summed E-state index contributed by atoms with van der Waals surface area (Å²) in [6.07, 6.45) is 1.79. The third kappa shape index (κ3) is 4.43. The van der Waals surface area contributed by atoms with E-state index in [-0.39, 0.29) is 13.2 Å². The Morgan fingerprint density at radius 3 is 2.43 bits per heavy atom. The first-order valence-corrected chi connectivity index (χ1v) is 10.8. The molecule has 154 valence electrons. The van der Waals surface area contributed by atoms with Crippen LogP contribution in [0.25, 0.3) is 21.3 Å². The number of nitrogens with one attached hydrogen (secondary N) is 1. The Bertz CT molecular complexity index is 1080. The van der Waals surface area contributed by atoms with Crippen molar-refractivity contribution in [1.82, 2.24) is 9.97 Å². The highest BCUT2D eigenvalue weighted by molar-refractivity contribution is 7.17. The Morgan fingerprint density at radius 1 is 0.967 bits per heavy atom. The lowest BCUT2D eigenvalue weighted by Crippen LogP contribution is -2.30. The van der Waals surface area contributed by atoms with Crippen LogP contribution in [0.5, 0.6) is 0 Å². The molecule has 3 aromatic heterocycles. The van der Waals surface area contributed by atoms with Crippen molar-refractivity contribution in [3.05, 3.63) is 71.9 Å². The molecule has 6 nitrogen and oxygen atoms in total. The number of fused-ring (bicyclic) bond motifs is 1. The first-order chi connectivity index (χ1) is 14.8. The molecule has 3 heterocycles. The molecular weight excluding hydrogens is 396 g/mol. The molecule has 0 fully saturated rings. The third-order valence-corrected chi connectivity index (χ3v) is 5.74. The maximum Gasteiger partial charge on any atom is 0.132 e. The van der Waals surface area contributed by atoms with Gasteiger partial charge in [0.1, 0.15) is 10.6 Å². The number of aliphatic hydroxyl groups excluding tert-OH is 2. The maximum atomic E-state index is 9.44. The minimum Gasteiger partial charge on any atom is -0.395 e. The summed E-state index contributed by atoms with van der Waals surface area (Å²) in [7, 11) is 0. The van der Waals surface area contributed by atoms with Crippen LogP contribution >= 0.6 is 11.3 Å². The smallest absolute Gasteiger partial charge is 0.132 e. The largest absolute Gasteiger partial charge is 0.395 e. The number of anilines is 2. The van der Waals surface area contributed by atoms with Crippen molar-refractivity contribution in [3.8, 4) is 11.1 Å². The third-order valence-electron chi connectivity index (χ3n) is 4.87. The summed E-state index contributed by atoms with van der Waals surface area (Å²) in [5.74, 6) is 0.732. The standard InChI is InChI=1S/C23H24N4O2S/c28-12-10-27(11-13-29)21-14-20(25-15-18-8-4-5-9-24-18)22-19(16-30-23(22)26-21)17-6-2-1-3-7-17/h1-9,14,16,28-29H,10-13,15H2,(H,25,26). The molecule has 0 atom stereocenters. The first-order valence-electron chi connectivity index (χ1n) is 9.88. The molecule has 0 aliphatic carbocycles. The van der Waals surface area contributed by atoms with E-state index in [0.29, 0.717) is 19.6 Å². The number of aromatic nitrogens is 2. The van der Waals surface area contributed by atoms with Crippen molar-refractivity contribution < 1.29 is 10.2 Å². The van der Waals surface area contributed by atoms with Crippen LogP contribution < -0.4 is 10.2 Å². The summed E-state index contributed by atoms with van der Waals surface area (Å²) < 4.78 is 0. The molecule has 1 aromatic carbocycles. The Hall–Kier alpha value is -3.00. The number of hydrogen-bond acceptors (Lipinski definition) is 7. The van der Waals surface area contributed by atoms with Gasteiger partial charge in [0.25, 0.3) is 0 Å². The van der Waals surface area contributed by atoms with E-state index in [2.05, 4.69) is 27.8 Å². The molecule has 4 rings (SSSR count). The lowest BCUT2D eigenvalue weighted by molar-refractivity contribution is 0.280. The quantitative estimate of drug-likeness (QED) is 0.383. The number of pyridine rings is 2. The molecular formula is C23H24N4O2S. The van der Waals surface area contributed by atoms with Crippen LogP contribution in [-0.4, -0.2) is 46.5 Å². The van der Waals surface area contributed by atoms with E-state index in [1.165, 1.54) is 0 Å². The Labute approximate surface area is 179 Å². The Balaban J connectivity index is 1.79. The average Bonchev–Trinajstić information content (AvgIpc) is 3.23. The topological polar surface area (TPSA) is 81.5 Å². The summed E-state index contributed by atoms with van der Waals surface area (Å²) in [5.41, 5.74) is 4.18. The minimum atomic E-state index is -0.00385. The van der Waals surface area contributed by atoms with E-state index >= 15 is 0 Å². The van der Waals surface area contributed by atoms with Gasteiger partial charge in [-0.05, 0) is 17.7 Å². The fraction of sp³-hybridized carbons (Fsp3) is 0.217. The summed E-state index contributed by atoms with van der Waals surface area (Å²) in [5, 5.41) is 25.6. The highest BCUT2D eigenvalue weighted by Gasteiger charge is 2.17. The number of aliphatic hydroxyl groups is 2. The second-order valence-electron chi connectivity index (χ2n) is 6.83. The zero-order valence-corrected chi connectivity index (χ0v) is 17.3. The van der Waals surface area contributed by atoms with Crippen LogP contribution in [0.1, 0.15) is 5.69 Å². The van der Waals surface area contributed by atoms with Crippen LogP contribution in [0.2, 0.25) is 0 Å². The van der Waals surface area contributed by atoms with Crippen LogP contribution in [0.4, 0.5) is 11.5 Å². The van der Waals surface area contributed by atoms with Gasteiger partial charge in [-0.1, -0.05) is 36.4 Å². The van der Waals surface area contributed by atoms with Gasteiger partial charge in [0.2, 0.25) is 0 Å². The van der Waals surface area contributed by atoms with Gasteiger partial charge in [0.05, 0.1) is 25.5 Å². The molecule has 7 heteroatoms. The zero-order chi connectivity index (χ0) is 20.8. The van der Waals surface area contributed by atoms with Crippen LogP contribution in [0.3, 0.4) is 0 Å². The molecule has 0 amide bonds. The molecule has 0 saturated heterocycles. The van der Waals surface area contributed by atoms with E-state index in [9.17, 15) is 10.2 Å². The van der Waals surface area contributed by atoms with Crippen molar-refractivity contribution in [1.29, 1.82) is 0 Å². The average molecular weight is 421 g/mol. The van der Waals surface area contributed by atoms with Crippen molar-refractivity contribution in [2.45, 2.75) is 6.54 Å². The van der Waals surface area contributed by atoms with Gasteiger partial charge in [-0.15, -0.1) is 11.3 Å². The molecule has 0 bridgehead atoms. The van der Waals surface area contributed by atoms with E-state index in [1.807, 2.05) is 47.4 Å². The van der Waals surface area contributed by atoms with Crippen LogP contribution in [0.15, 0.2) is 66.2 Å². The lowest BCUT2D eigenvalue weighted by Gasteiger charge is -2.23. The number of thiophene rings is 1. The lowest BCUT2D eigenvalue weighted by atomic mass is 10.0. The fourth-order valence-corrected chi connectivity index (χ4v) is 4.40. The maximum absolute atomic E-state index is 9.44. The number of benzene rings is 1. The SMILES string of the molecule is OCCN(CCO)c1cc(NCc2ccccn2)c2c(-c3ccccc3)csc2n1. The molecule has 0 unspecified atom stereocenters. The predicted octanol–water partition coefficient (Wildman–Crippen LogP) is 3.76. The molecule has 0 aliphatic rings. The monoisotopic (exact) mass is 420 g/mol. The summed E-state index contributed by atoms with van der Waals surface area (Å²) in [6, 6.07) is 18.1. The van der Waals surface area contributed by atoms with E-state index < -0.39 is 0 Å². The molecule has 30 heavy (non-hydrogen) atoms. The predicted molar refractivity (Wildman–Crippen MR) is 123 cm³/mol. The summed E-state index contributed by atoms with van der Waals surface area (Å²) >= 11 is 1.59. The highest BCUT2D eigenvalue weighted by atomic mass is 32.1. The summed E-state index contributed by atoms with van der Waals surface area (Å²) in [6.45, 7) is 1.40. The van der Waals surface area contributed by atoms with Gasteiger partial charge in [-0.3, -0.25) is 4.98 Å². The first kappa shape index (κ1) is 20.3. The Kier molecular flexibility index (Phi) is 6.53. The number of hydrogen-bond donors (Lipinski definition) is 3. The summed E-state index contributed by atoms with van der Waals surface area (Å²) in [4.78, 5) is 12.1. The van der Waals surface area contributed by atoms with Gasteiger partial charge in [0.15, 0.2) is 0 Å². The normalized spacial score (nSPS) is 11.0. The van der Waals surface area contributed by atoms with E-state index in [0.717, 1.165) is 38.5 Å².